The minimum atomic E-state index is 0.789. The lowest BCUT2D eigenvalue weighted by atomic mass is 10.5. The molecule has 2 heterocycles. The van der Waals surface area contributed by atoms with Crippen LogP contribution in [0.3, 0.4) is 0 Å². The summed E-state index contributed by atoms with van der Waals surface area (Å²) in [6, 6.07) is 2.89. The van der Waals surface area contributed by atoms with E-state index in [1.807, 2.05) is 0 Å². The maximum atomic E-state index is 3.99. The van der Waals surface area contributed by atoms with Crippen LogP contribution in [0.15, 0.2) is 18.6 Å². The normalized spacial score (nSPS) is 10.2. The molecule has 0 aliphatic rings. The van der Waals surface area contributed by atoms with Gasteiger partial charge in [0.25, 0.3) is 0 Å². The maximum Gasteiger partial charge on any atom is 0.156 e. The molecular weight excluding hydrogens is 114 g/mol. The van der Waals surface area contributed by atoms with Gasteiger partial charge >= 0.3 is 0 Å². The average Bonchev–Trinajstić information content (AvgIpc) is 2.33. The van der Waals surface area contributed by atoms with E-state index in [9.17, 15) is 0 Å². The first-order valence-corrected chi connectivity index (χ1v) is 2.62. The molecular formula is C6H4N3. The standard InChI is InChI=1S/C6H4N3/c1-2-8-6-5(1)7-3-4-9-6/h2-4H,(H,8,9). The fraction of sp³-hybridized carbons (Fsp3) is 0. The summed E-state index contributed by atoms with van der Waals surface area (Å²) in [5.41, 5.74) is 1.58. The number of aromatic nitrogens is 3. The zero-order chi connectivity index (χ0) is 6.10. The van der Waals surface area contributed by atoms with E-state index in [0.29, 0.717) is 0 Å². The van der Waals surface area contributed by atoms with Gasteiger partial charge in [-0.3, -0.25) is 4.98 Å². The van der Waals surface area contributed by atoms with Crippen molar-refractivity contribution in [1.82, 2.24) is 15.0 Å². The fourth-order valence-electron chi connectivity index (χ4n) is 0.722. The molecule has 0 spiro atoms. The van der Waals surface area contributed by atoms with Gasteiger partial charge < -0.3 is 4.98 Å². The molecule has 0 aliphatic carbocycles. The van der Waals surface area contributed by atoms with Gasteiger partial charge in [0, 0.05) is 24.7 Å². The Morgan fingerprint density at radius 1 is 1.33 bits per heavy atom. The first kappa shape index (κ1) is 4.49. The van der Waals surface area contributed by atoms with E-state index < -0.39 is 0 Å². The second-order valence-corrected chi connectivity index (χ2v) is 1.69. The molecule has 0 saturated heterocycles. The van der Waals surface area contributed by atoms with Crippen molar-refractivity contribution in [2.45, 2.75) is 0 Å². The predicted molar refractivity (Wildman–Crippen MR) is 32.7 cm³/mol. The van der Waals surface area contributed by atoms with Crippen molar-refractivity contribution >= 4 is 11.2 Å². The minimum absolute atomic E-state index is 0.789. The van der Waals surface area contributed by atoms with Crippen LogP contribution in [-0.4, -0.2) is 15.0 Å². The monoisotopic (exact) mass is 118 g/mol. The zero-order valence-electron chi connectivity index (χ0n) is 4.63. The number of hydrogen-bond donors (Lipinski definition) is 1. The number of aromatic amines is 1. The number of hydrogen-bond acceptors (Lipinski definition) is 2. The molecule has 43 valence electrons. The first-order valence-electron chi connectivity index (χ1n) is 2.62. The summed E-state index contributed by atoms with van der Waals surface area (Å²) in [6.07, 6.45) is 4.99. The van der Waals surface area contributed by atoms with Gasteiger partial charge in [0.05, 0.1) is 0 Å². The Kier molecular flexibility index (Phi) is 0.773. The summed E-state index contributed by atoms with van der Waals surface area (Å²) in [6.45, 7) is 0. The topological polar surface area (TPSA) is 41.6 Å². The van der Waals surface area contributed by atoms with Crippen molar-refractivity contribution in [3.05, 3.63) is 24.7 Å². The Morgan fingerprint density at radius 3 is 3.11 bits per heavy atom. The van der Waals surface area contributed by atoms with Crippen molar-refractivity contribution in [2.24, 2.45) is 0 Å². The quantitative estimate of drug-likeness (QED) is 0.554. The van der Waals surface area contributed by atoms with E-state index in [4.69, 9.17) is 0 Å². The molecule has 1 N–H and O–H groups in total. The van der Waals surface area contributed by atoms with Gasteiger partial charge in [0.2, 0.25) is 0 Å². The smallest absolute Gasteiger partial charge is 0.156 e. The first-order chi connectivity index (χ1) is 4.47. The van der Waals surface area contributed by atoms with E-state index in [0.717, 1.165) is 11.2 Å². The van der Waals surface area contributed by atoms with Gasteiger partial charge in [-0.1, -0.05) is 0 Å². The van der Waals surface area contributed by atoms with Crippen molar-refractivity contribution in [1.29, 1.82) is 0 Å². The van der Waals surface area contributed by atoms with E-state index >= 15 is 0 Å². The molecule has 0 aliphatic heterocycles. The van der Waals surface area contributed by atoms with Crippen LogP contribution in [0.5, 0.6) is 0 Å². The third-order valence-electron chi connectivity index (χ3n) is 1.12. The molecule has 2 rings (SSSR count). The highest BCUT2D eigenvalue weighted by molar-refractivity contribution is 5.68. The molecule has 0 unspecified atom stereocenters. The van der Waals surface area contributed by atoms with Crippen LogP contribution in [0.2, 0.25) is 0 Å². The molecule has 0 amide bonds. The van der Waals surface area contributed by atoms with Crippen LogP contribution in [-0.2, 0) is 0 Å². The third-order valence-corrected chi connectivity index (χ3v) is 1.12. The SMILES string of the molecule is [c]1c[nH]c2nccnc12. The molecule has 3 nitrogen and oxygen atoms in total. The van der Waals surface area contributed by atoms with E-state index in [2.05, 4.69) is 21.0 Å². The largest absolute Gasteiger partial charge is 0.344 e. The van der Waals surface area contributed by atoms with Crippen molar-refractivity contribution < 1.29 is 0 Å². The second-order valence-electron chi connectivity index (χ2n) is 1.69. The molecule has 1 radical (unpaired) electrons. The van der Waals surface area contributed by atoms with Gasteiger partial charge in [-0.25, -0.2) is 4.98 Å². The lowest BCUT2D eigenvalue weighted by Gasteiger charge is -1.81. The van der Waals surface area contributed by atoms with Gasteiger partial charge in [-0.2, -0.15) is 0 Å². The fourth-order valence-corrected chi connectivity index (χ4v) is 0.722. The van der Waals surface area contributed by atoms with Crippen molar-refractivity contribution in [3.8, 4) is 0 Å². The van der Waals surface area contributed by atoms with Crippen LogP contribution in [0.4, 0.5) is 0 Å². The van der Waals surface area contributed by atoms with Crippen LogP contribution in [0.25, 0.3) is 11.2 Å². The number of nitrogens with one attached hydrogen (secondary N) is 1. The van der Waals surface area contributed by atoms with E-state index in [-0.39, 0.29) is 0 Å². The average molecular weight is 118 g/mol. The number of H-pyrrole nitrogens is 1. The predicted octanol–water partition coefficient (Wildman–Crippen LogP) is 0.758. The highest BCUT2D eigenvalue weighted by Gasteiger charge is 1.90. The van der Waals surface area contributed by atoms with Crippen LogP contribution in [0, 0.1) is 6.07 Å². The molecule has 2 aromatic heterocycles. The summed E-state index contributed by atoms with van der Waals surface area (Å²) in [5, 5.41) is 0. The van der Waals surface area contributed by atoms with E-state index in [1.165, 1.54) is 0 Å². The zero-order valence-corrected chi connectivity index (χ0v) is 4.63. The number of rotatable bonds is 0. The van der Waals surface area contributed by atoms with Crippen molar-refractivity contribution in [2.75, 3.05) is 0 Å². The summed E-state index contributed by atoms with van der Waals surface area (Å²) in [7, 11) is 0. The minimum Gasteiger partial charge on any atom is -0.344 e. The molecule has 2 aromatic rings. The molecule has 0 aromatic carbocycles. The molecule has 3 heteroatoms. The Morgan fingerprint density at radius 2 is 2.22 bits per heavy atom. The highest BCUT2D eigenvalue weighted by Crippen LogP contribution is 2.00. The van der Waals surface area contributed by atoms with Crippen LogP contribution >= 0.6 is 0 Å². The molecule has 0 saturated carbocycles. The highest BCUT2D eigenvalue weighted by atomic mass is 14.9. The van der Waals surface area contributed by atoms with Gasteiger partial charge in [0.1, 0.15) is 5.52 Å². The Hall–Kier alpha value is -1.38. The third kappa shape index (κ3) is 0.579. The lowest BCUT2D eigenvalue weighted by Crippen LogP contribution is -1.75. The Labute approximate surface area is 51.8 Å². The van der Waals surface area contributed by atoms with Gasteiger partial charge in [0.15, 0.2) is 5.65 Å². The van der Waals surface area contributed by atoms with Crippen molar-refractivity contribution in [3.63, 3.8) is 0 Å². The Balaban J connectivity index is 2.95. The number of nitrogens with zero attached hydrogens (tertiary/aromatic N) is 2. The molecule has 0 fully saturated rings. The lowest BCUT2D eigenvalue weighted by molar-refractivity contribution is 1.26. The summed E-state index contributed by atoms with van der Waals surface area (Å²) >= 11 is 0. The summed E-state index contributed by atoms with van der Waals surface area (Å²) in [5.74, 6) is 0. The van der Waals surface area contributed by atoms with Gasteiger partial charge in [-0.15, -0.1) is 0 Å². The van der Waals surface area contributed by atoms with Gasteiger partial charge in [-0.05, 0) is 0 Å². The number of fused-ring (bicyclic) bond motifs is 1. The summed E-state index contributed by atoms with van der Waals surface area (Å²) in [4.78, 5) is 10.9. The maximum absolute atomic E-state index is 3.99. The van der Waals surface area contributed by atoms with E-state index in [1.54, 1.807) is 18.6 Å². The molecule has 9 heavy (non-hydrogen) atoms. The molecule has 0 bridgehead atoms. The molecule has 0 atom stereocenters. The Bertz CT molecular complexity index is 282. The van der Waals surface area contributed by atoms with Crippen LogP contribution < -0.4 is 0 Å². The van der Waals surface area contributed by atoms with Crippen LogP contribution in [0.1, 0.15) is 0 Å². The summed E-state index contributed by atoms with van der Waals surface area (Å²) < 4.78 is 0. The second kappa shape index (κ2) is 1.55.